The van der Waals surface area contributed by atoms with Gasteiger partial charge in [-0.15, -0.1) is 0 Å². The van der Waals surface area contributed by atoms with Gasteiger partial charge in [0.1, 0.15) is 0 Å². The van der Waals surface area contributed by atoms with Gasteiger partial charge in [-0.05, 0) is 49.1 Å². The predicted octanol–water partition coefficient (Wildman–Crippen LogP) is 6.23. The van der Waals surface area contributed by atoms with Crippen molar-refractivity contribution in [2.24, 2.45) is 11.8 Å². The normalized spacial score (nSPS) is 26.8. The number of alkyl halides is 4. The zero-order chi connectivity index (χ0) is 15.5. The number of rotatable bonds is 4. The molecule has 0 saturated heterocycles. The summed E-state index contributed by atoms with van der Waals surface area (Å²) in [6, 6.07) is 5.80. The van der Waals surface area contributed by atoms with Crippen molar-refractivity contribution in [3.05, 3.63) is 35.4 Å². The van der Waals surface area contributed by atoms with Crippen LogP contribution in [0.25, 0.3) is 0 Å². The molecule has 3 unspecified atom stereocenters. The summed E-state index contributed by atoms with van der Waals surface area (Å²) in [6.45, 7) is 2.20. The Bertz CT molecular complexity index is 456. The summed E-state index contributed by atoms with van der Waals surface area (Å²) in [4.78, 5) is 0.431. The fraction of sp³-hybridized carbons (Fsp3) is 0.647. The van der Waals surface area contributed by atoms with Gasteiger partial charge in [-0.25, -0.2) is 0 Å². The van der Waals surface area contributed by atoms with Crippen LogP contribution in [0.4, 0.5) is 13.2 Å². The maximum absolute atomic E-state index is 12.8. The van der Waals surface area contributed by atoms with Crippen LogP contribution >= 0.6 is 15.9 Å². The zero-order valence-electron chi connectivity index (χ0n) is 12.3. The molecule has 0 N–H and O–H groups in total. The Morgan fingerprint density at radius 3 is 2.67 bits per heavy atom. The van der Waals surface area contributed by atoms with Gasteiger partial charge in [0.25, 0.3) is 0 Å². The molecule has 0 spiro atoms. The SMILES string of the molecule is CCCC1CCC(Br)C(Cc2cccc(C(F)(F)F)c2)C1. The van der Waals surface area contributed by atoms with E-state index in [4.69, 9.17) is 0 Å². The van der Waals surface area contributed by atoms with Crippen LogP contribution in [-0.2, 0) is 12.6 Å². The second-order valence-corrected chi connectivity index (χ2v) is 7.32. The number of benzene rings is 1. The Balaban J connectivity index is 2.06. The Kier molecular flexibility index (Phi) is 5.75. The van der Waals surface area contributed by atoms with Crippen LogP contribution in [0, 0.1) is 11.8 Å². The Hall–Kier alpha value is -0.510. The summed E-state index contributed by atoms with van der Waals surface area (Å²) < 4.78 is 38.3. The van der Waals surface area contributed by atoms with Gasteiger partial charge in [0.15, 0.2) is 0 Å². The first kappa shape index (κ1) is 16.9. The third kappa shape index (κ3) is 4.73. The van der Waals surface area contributed by atoms with Crippen molar-refractivity contribution >= 4 is 15.9 Å². The number of hydrogen-bond acceptors (Lipinski definition) is 0. The van der Waals surface area contributed by atoms with Gasteiger partial charge >= 0.3 is 6.18 Å². The van der Waals surface area contributed by atoms with Gasteiger partial charge in [0.05, 0.1) is 5.56 Å². The molecular weight excluding hydrogens is 341 g/mol. The van der Waals surface area contributed by atoms with E-state index in [2.05, 4.69) is 22.9 Å². The number of hydrogen-bond donors (Lipinski definition) is 0. The topological polar surface area (TPSA) is 0 Å². The van der Waals surface area contributed by atoms with E-state index in [-0.39, 0.29) is 0 Å². The molecule has 0 aromatic heterocycles. The molecular formula is C17H22BrF3. The monoisotopic (exact) mass is 362 g/mol. The third-order valence-electron chi connectivity index (χ3n) is 4.45. The molecule has 1 fully saturated rings. The molecule has 3 atom stereocenters. The van der Waals surface area contributed by atoms with Crippen LogP contribution in [-0.4, -0.2) is 4.83 Å². The van der Waals surface area contributed by atoms with Crippen molar-refractivity contribution < 1.29 is 13.2 Å². The lowest BCUT2D eigenvalue weighted by molar-refractivity contribution is -0.137. The van der Waals surface area contributed by atoms with Crippen LogP contribution in [0.3, 0.4) is 0 Å². The summed E-state index contributed by atoms with van der Waals surface area (Å²) >= 11 is 3.73. The lowest BCUT2D eigenvalue weighted by Crippen LogP contribution is -2.26. The van der Waals surface area contributed by atoms with Gasteiger partial charge in [-0.3, -0.25) is 0 Å². The largest absolute Gasteiger partial charge is 0.416 e. The van der Waals surface area contributed by atoms with Gasteiger partial charge in [0.2, 0.25) is 0 Å². The third-order valence-corrected chi connectivity index (χ3v) is 5.65. The average molecular weight is 363 g/mol. The van der Waals surface area contributed by atoms with E-state index in [1.54, 1.807) is 0 Å². The van der Waals surface area contributed by atoms with Crippen LogP contribution in [0.5, 0.6) is 0 Å². The number of halogens is 4. The van der Waals surface area contributed by atoms with E-state index >= 15 is 0 Å². The van der Waals surface area contributed by atoms with Crippen molar-refractivity contribution in [2.45, 2.75) is 56.5 Å². The minimum Gasteiger partial charge on any atom is -0.166 e. The molecule has 0 aliphatic heterocycles. The fourth-order valence-electron chi connectivity index (χ4n) is 3.38. The van der Waals surface area contributed by atoms with Crippen molar-refractivity contribution in [3.8, 4) is 0 Å². The van der Waals surface area contributed by atoms with Crippen LogP contribution in [0.2, 0.25) is 0 Å². The lowest BCUT2D eigenvalue weighted by atomic mass is 9.77. The van der Waals surface area contributed by atoms with E-state index in [1.807, 2.05) is 6.07 Å². The molecule has 118 valence electrons. The minimum atomic E-state index is -4.25. The van der Waals surface area contributed by atoms with Gasteiger partial charge in [-0.1, -0.05) is 53.9 Å². The average Bonchev–Trinajstić information content (AvgIpc) is 2.42. The molecule has 0 radical (unpaired) electrons. The molecule has 0 amide bonds. The smallest absolute Gasteiger partial charge is 0.166 e. The van der Waals surface area contributed by atoms with Gasteiger partial charge < -0.3 is 0 Å². The standard InChI is InChI=1S/C17H22BrF3/c1-2-4-12-7-8-16(18)14(9-12)10-13-5-3-6-15(11-13)17(19,20)21/h3,5-6,11-12,14,16H,2,4,7-10H2,1H3. The summed E-state index contributed by atoms with van der Waals surface area (Å²) in [7, 11) is 0. The van der Waals surface area contributed by atoms with Crippen molar-refractivity contribution in [2.75, 3.05) is 0 Å². The molecule has 1 aromatic rings. The maximum atomic E-state index is 12.8. The van der Waals surface area contributed by atoms with Crippen LogP contribution in [0.15, 0.2) is 24.3 Å². The molecule has 0 bridgehead atoms. The first-order valence-electron chi connectivity index (χ1n) is 7.70. The summed E-state index contributed by atoms with van der Waals surface area (Å²) in [5.41, 5.74) is 0.267. The second-order valence-electron chi connectivity index (χ2n) is 6.15. The van der Waals surface area contributed by atoms with E-state index in [9.17, 15) is 13.2 Å². The zero-order valence-corrected chi connectivity index (χ0v) is 13.9. The molecule has 2 rings (SSSR count). The molecule has 21 heavy (non-hydrogen) atoms. The summed E-state index contributed by atoms with van der Waals surface area (Å²) in [6.07, 6.45) is 2.41. The quantitative estimate of drug-likeness (QED) is 0.557. The van der Waals surface area contributed by atoms with E-state index < -0.39 is 11.7 Å². The highest BCUT2D eigenvalue weighted by molar-refractivity contribution is 9.09. The minimum absolute atomic E-state index is 0.431. The summed E-state index contributed by atoms with van der Waals surface area (Å²) in [5, 5.41) is 0. The highest BCUT2D eigenvalue weighted by Gasteiger charge is 2.32. The fourth-order valence-corrected chi connectivity index (χ4v) is 4.05. The van der Waals surface area contributed by atoms with Crippen molar-refractivity contribution in [1.29, 1.82) is 0 Å². The first-order valence-corrected chi connectivity index (χ1v) is 8.62. The molecule has 1 aliphatic rings. The van der Waals surface area contributed by atoms with Gasteiger partial charge in [-0.2, -0.15) is 13.2 Å². The molecule has 4 heteroatoms. The Labute approximate surface area is 133 Å². The lowest BCUT2D eigenvalue weighted by Gasteiger charge is -2.33. The molecule has 1 saturated carbocycles. The van der Waals surface area contributed by atoms with Gasteiger partial charge in [0, 0.05) is 4.83 Å². The Morgan fingerprint density at radius 1 is 1.24 bits per heavy atom. The van der Waals surface area contributed by atoms with E-state index in [1.165, 1.54) is 31.4 Å². The van der Waals surface area contributed by atoms with Crippen molar-refractivity contribution in [1.82, 2.24) is 0 Å². The molecule has 0 nitrogen and oxygen atoms in total. The van der Waals surface area contributed by atoms with E-state index in [0.29, 0.717) is 10.7 Å². The van der Waals surface area contributed by atoms with Crippen molar-refractivity contribution in [3.63, 3.8) is 0 Å². The van der Waals surface area contributed by atoms with E-state index in [0.717, 1.165) is 36.8 Å². The van der Waals surface area contributed by atoms with Crippen LogP contribution in [0.1, 0.15) is 50.2 Å². The molecule has 1 aliphatic carbocycles. The Morgan fingerprint density at radius 2 is 2.00 bits per heavy atom. The van der Waals surface area contributed by atoms with Crippen LogP contribution < -0.4 is 0 Å². The molecule has 0 heterocycles. The second kappa shape index (κ2) is 7.17. The predicted molar refractivity (Wildman–Crippen MR) is 83.6 cm³/mol. The first-order chi connectivity index (χ1) is 9.90. The highest BCUT2D eigenvalue weighted by atomic mass is 79.9. The highest BCUT2D eigenvalue weighted by Crippen LogP contribution is 2.38. The molecule has 1 aromatic carbocycles. The maximum Gasteiger partial charge on any atom is 0.416 e. The summed E-state index contributed by atoms with van der Waals surface area (Å²) in [5.74, 6) is 1.18.